The van der Waals surface area contributed by atoms with Crippen molar-refractivity contribution in [1.82, 2.24) is 0 Å². The van der Waals surface area contributed by atoms with Crippen molar-refractivity contribution in [1.29, 1.82) is 0 Å². The van der Waals surface area contributed by atoms with Crippen molar-refractivity contribution >= 4 is 0 Å². The van der Waals surface area contributed by atoms with Crippen molar-refractivity contribution in [3.63, 3.8) is 0 Å². The first kappa shape index (κ1) is 50.3. The zero-order chi connectivity index (χ0) is 36.6. The molecule has 0 amide bonds. The van der Waals surface area contributed by atoms with E-state index in [1.165, 1.54) is 0 Å². The lowest BCUT2D eigenvalue weighted by atomic mass is 10.6. The third kappa shape index (κ3) is 49.3. The Labute approximate surface area is 305 Å². The topological polar surface area (TPSA) is 183 Å². The fourth-order valence-corrected chi connectivity index (χ4v) is 3.43. The Morgan fingerprint density at radius 1 is 0.196 bits per heavy atom. The Balaban J connectivity index is 3.04. The molecule has 0 aromatic rings. The summed E-state index contributed by atoms with van der Waals surface area (Å²) in [6, 6.07) is 0. The van der Waals surface area contributed by atoms with Gasteiger partial charge in [0.25, 0.3) is 0 Å². The van der Waals surface area contributed by atoms with Crippen LogP contribution in [-0.4, -0.2) is 219 Å². The van der Waals surface area contributed by atoms with E-state index in [0.717, 1.165) is 0 Å². The fourth-order valence-electron chi connectivity index (χ4n) is 3.43. The van der Waals surface area contributed by atoms with Gasteiger partial charge in [0, 0.05) is 7.11 Å². The lowest BCUT2D eigenvalue weighted by Gasteiger charge is -2.09. The number of rotatable bonds is 48. The molecule has 0 saturated heterocycles. The zero-order valence-corrected chi connectivity index (χ0v) is 31.1. The highest BCUT2D eigenvalue weighted by Gasteiger charge is 1.97. The normalized spacial score (nSPS) is 11.6. The predicted octanol–water partition coefficient (Wildman–Crippen LogP) is -0.228. The van der Waals surface area contributed by atoms with Crippen molar-refractivity contribution in [3.8, 4) is 0 Å². The maximum Gasteiger partial charge on any atom is 0.0913 e. The maximum absolute atomic E-state index is 5.49. The predicted molar refractivity (Wildman–Crippen MR) is 184 cm³/mol. The van der Waals surface area contributed by atoms with Crippen molar-refractivity contribution in [2.45, 2.75) is 0 Å². The first-order valence-electron chi connectivity index (χ1n) is 17.9. The van der Waals surface area contributed by atoms with Crippen LogP contribution in [-0.2, 0) is 80.6 Å². The van der Waals surface area contributed by atoms with Gasteiger partial charge in [-0.05, 0) is 0 Å². The van der Waals surface area contributed by atoms with Gasteiger partial charge < -0.3 is 80.6 Å². The summed E-state index contributed by atoms with van der Waals surface area (Å²) in [4.78, 5) is 4.39. The van der Waals surface area contributed by atoms with Crippen LogP contribution in [0.4, 0.5) is 0 Å². The summed E-state index contributed by atoms with van der Waals surface area (Å²) in [5.74, 6) is 4.90. The number of hydrogen-bond acceptors (Lipinski definition) is 18. The second-order valence-electron chi connectivity index (χ2n) is 10.0. The van der Waals surface area contributed by atoms with E-state index in [-0.39, 0.29) is 0 Å². The molecule has 0 atom stereocenters. The molecule has 0 aliphatic heterocycles. The molecule has 0 unspecified atom stereocenters. The second kappa shape index (κ2) is 49.3. The molecule has 0 rings (SSSR count). The van der Waals surface area contributed by atoms with Gasteiger partial charge in [-0.25, -0.2) is 5.90 Å². The van der Waals surface area contributed by atoms with E-state index >= 15 is 0 Å². The van der Waals surface area contributed by atoms with Gasteiger partial charge in [0.05, 0.1) is 211 Å². The molecule has 0 bridgehead atoms. The number of hydrogen-bond donors (Lipinski definition) is 1. The lowest BCUT2D eigenvalue weighted by Crippen LogP contribution is -2.16. The zero-order valence-electron chi connectivity index (χ0n) is 31.1. The van der Waals surface area contributed by atoms with Crippen LogP contribution >= 0.6 is 0 Å². The first-order valence-corrected chi connectivity index (χ1v) is 17.9. The Morgan fingerprint density at radius 3 is 0.431 bits per heavy atom. The van der Waals surface area contributed by atoms with Crippen LogP contribution in [0, 0.1) is 0 Å². The molecule has 0 aromatic carbocycles. The summed E-state index contributed by atoms with van der Waals surface area (Å²) in [6.45, 7) is 16.2. The quantitative estimate of drug-likeness (QED) is 0.0635. The van der Waals surface area contributed by atoms with Crippen LogP contribution in [0.3, 0.4) is 0 Å². The monoisotopic (exact) mass is 751 g/mol. The molecule has 0 heterocycles. The number of ether oxygens (including phenoxy) is 16. The maximum atomic E-state index is 5.49. The van der Waals surface area contributed by atoms with Gasteiger partial charge in [0.2, 0.25) is 0 Å². The smallest absolute Gasteiger partial charge is 0.0913 e. The third-order valence-corrected chi connectivity index (χ3v) is 5.99. The van der Waals surface area contributed by atoms with Crippen LogP contribution in [0.5, 0.6) is 0 Å². The minimum atomic E-state index is 0.370. The van der Waals surface area contributed by atoms with E-state index in [1.807, 2.05) is 0 Å². The summed E-state index contributed by atoms with van der Waals surface area (Å²) < 4.78 is 86.3. The molecule has 0 spiro atoms. The highest BCUT2D eigenvalue weighted by Crippen LogP contribution is 1.88. The van der Waals surface area contributed by atoms with Crippen molar-refractivity contribution in [2.24, 2.45) is 5.90 Å². The van der Waals surface area contributed by atoms with E-state index < -0.39 is 0 Å². The van der Waals surface area contributed by atoms with E-state index in [1.54, 1.807) is 7.11 Å². The average Bonchev–Trinajstić information content (AvgIpc) is 3.14. The summed E-state index contributed by atoms with van der Waals surface area (Å²) in [5, 5.41) is 0. The van der Waals surface area contributed by atoms with Gasteiger partial charge in [-0.3, -0.25) is 0 Å². The molecule has 0 aromatic heterocycles. The summed E-state index contributed by atoms with van der Waals surface area (Å²) >= 11 is 0. The van der Waals surface area contributed by atoms with Crippen molar-refractivity contribution < 1.29 is 80.6 Å². The minimum absolute atomic E-state index is 0.370. The van der Waals surface area contributed by atoms with Crippen molar-refractivity contribution in [2.75, 3.05) is 219 Å². The SMILES string of the molecule is COCCOCCOCCOCCOCCOCCOCCOCCOCCOCCOCCOCCOCCOCCOCCOCCON. The molecule has 0 radical (unpaired) electrons. The van der Waals surface area contributed by atoms with Gasteiger partial charge in [-0.1, -0.05) is 0 Å². The average molecular weight is 752 g/mol. The lowest BCUT2D eigenvalue weighted by molar-refractivity contribution is -0.0306. The Bertz CT molecular complexity index is 556. The molecule has 18 heteroatoms. The first-order chi connectivity index (χ1) is 25.4. The highest BCUT2D eigenvalue weighted by atomic mass is 16.6. The van der Waals surface area contributed by atoms with E-state index in [2.05, 4.69) is 4.84 Å². The molecule has 0 fully saturated rings. The van der Waals surface area contributed by atoms with E-state index in [0.29, 0.717) is 211 Å². The molecule has 308 valence electrons. The molecule has 2 N–H and O–H groups in total. The highest BCUT2D eigenvalue weighted by molar-refractivity contribution is 4.40. The Kier molecular flexibility index (Phi) is 48.6. The second-order valence-corrected chi connectivity index (χ2v) is 10.0. The van der Waals surface area contributed by atoms with Crippen LogP contribution in [0.2, 0.25) is 0 Å². The van der Waals surface area contributed by atoms with Crippen LogP contribution in [0.25, 0.3) is 0 Å². The largest absolute Gasteiger partial charge is 0.382 e. The molecule has 0 aliphatic rings. The third-order valence-electron chi connectivity index (χ3n) is 5.99. The van der Waals surface area contributed by atoms with E-state index in [9.17, 15) is 0 Å². The standard InChI is InChI=1S/C33H69NO17/c1-35-2-3-36-4-5-37-6-7-38-8-9-39-10-11-40-12-13-41-14-15-42-16-17-43-18-19-44-20-21-45-22-23-46-24-25-47-26-27-48-28-29-49-30-31-50-32-33-51-34/h2-34H2,1H3. The summed E-state index contributed by atoms with van der Waals surface area (Å²) in [5.41, 5.74) is 0. The minimum Gasteiger partial charge on any atom is -0.382 e. The van der Waals surface area contributed by atoms with Gasteiger partial charge >= 0.3 is 0 Å². The molecule has 0 aliphatic carbocycles. The Morgan fingerprint density at radius 2 is 0.314 bits per heavy atom. The van der Waals surface area contributed by atoms with Crippen LogP contribution in [0.15, 0.2) is 0 Å². The molecule has 51 heavy (non-hydrogen) atoms. The molecular weight excluding hydrogens is 682 g/mol. The van der Waals surface area contributed by atoms with Gasteiger partial charge in [0.15, 0.2) is 0 Å². The number of nitrogens with two attached hydrogens (primary N) is 1. The van der Waals surface area contributed by atoms with Crippen LogP contribution < -0.4 is 5.90 Å². The summed E-state index contributed by atoms with van der Waals surface area (Å²) in [6.07, 6.45) is 0. The molecule has 0 saturated carbocycles. The number of methoxy groups -OCH3 is 1. The molecule has 18 nitrogen and oxygen atoms in total. The summed E-state index contributed by atoms with van der Waals surface area (Å²) in [7, 11) is 1.64. The Hall–Kier alpha value is -0.720. The van der Waals surface area contributed by atoms with Crippen molar-refractivity contribution in [3.05, 3.63) is 0 Å². The van der Waals surface area contributed by atoms with E-state index in [4.69, 9.17) is 81.7 Å². The fraction of sp³-hybridized carbons (Fsp3) is 1.00. The van der Waals surface area contributed by atoms with Gasteiger partial charge in [-0.15, -0.1) is 0 Å². The van der Waals surface area contributed by atoms with Gasteiger partial charge in [-0.2, -0.15) is 0 Å². The van der Waals surface area contributed by atoms with Crippen LogP contribution in [0.1, 0.15) is 0 Å². The molecular formula is C33H69NO17. The van der Waals surface area contributed by atoms with Gasteiger partial charge in [0.1, 0.15) is 0 Å².